The third-order valence-electron chi connectivity index (χ3n) is 3.16. The highest BCUT2D eigenvalue weighted by Gasteiger charge is 2.12. The molecule has 1 aromatic rings. The van der Waals surface area contributed by atoms with E-state index >= 15 is 0 Å². The lowest BCUT2D eigenvalue weighted by Crippen LogP contribution is -2.30. The lowest BCUT2D eigenvalue weighted by molar-refractivity contribution is 0.565. The molecule has 1 aliphatic rings. The Balaban J connectivity index is 2.00. The first-order valence-electron chi connectivity index (χ1n) is 6.70. The van der Waals surface area contributed by atoms with Crippen LogP contribution >= 0.6 is 0 Å². The van der Waals surface area contributed by atoms with Crippen LogP contribution in [0.5, 0.6) is 0 Å². The highest BCUT2D eigenvalue weighted by Crippen LogP contribution is 2.17. The van der Waals surface area contributed by atoms with Crippen molar-refractivity contribution >= 4 is 5.82 Å². The van der Waals surface area contributed by atoms with E-state index in [1.54, 1.807) is 0 Å². The molecule has 0 amide bonds. The first kappa shape index (κ1) is 12.4. The molecule has 0 aromatic carbocycles. The van der Waals surface area contributed by atoms with Crippen LogP contribution in [0, 0.1) is 0 Å². The van der Waals surface area contributed by atoms with Gasteiger partial charge < -0.3 is 10.2 Å². The maximum Gasteiger partial charge on any atom is 0.128 e. The number of rotatable bonds is 4. The van der Waals surface area contributed by atoms with Gasteiger partial charge in [-0.15, -0.1) is 0 Å². The molecule has 0 unspecified atom stereocenters. The number of piperidine rings is 1. The molecule has 2 rings (SSSR count). The molecule has 1 aliphatic heterocycles. The SMILES string of the molecule is CC(C)NCc1cccc(N2CCCCC2)n1. The van der Waals surface area contributed by atoms with Gasteiger partial charge >= 0.3 is 0 Å². The minimum absolute atomic E-state index is 0.510. The van der Waals surface area contributed by atoms with Gasteiger partial charge in [0.2, 0.25) is 0 Å². The Kier molecular flexibility index (Phi) is 4.37. The van der Waals surface area contributed by atoms with Crippen molar-refractivity contribution in [1.82, 2.24) is 10.3 Å². The van der Waals surface area contributed by atoms with E-state index in [-0.39, 0.29) is 0 Å². The van der Waals surface area contributed by atoms with Crippen molar-refractivity contribution in [3.8, 4) is 0 Å². The van der Waals surface area contributed by atoms with Gasteiger partial charge in [0.05, 0.1) is 5.69 Å². The standard InChI is InChI=1S/C14H23N3/c1-12(2)15-11-13-7-6-8-14(16-13)17-9-4-3-5-10-17/h6-8,12,15H,3-5,9-11H2,1-2H3. The molecule has 94 valence electrons. The van der Waals surface area contributed by atoms with Gasteiger partial charge in [-0.25, -0.2) is 4.98 Å². The number of hydrogen-bond donors (Lipinski definition) is 1. The Labute approximate surface area is 104 Å². The van der Waals surface area contributed by atoms with Crippen molar-refractivity contribution in [2.24, 2.45) is 0 Å². The third-order valence-corrected chi connectivity index (χ3v) is 3.16. The Morgan fingerprint density at radius 2 is 2.00 bits per heavy atom. The summed E-state index contributed by atoms with van der Waals surface area (Å²) in [5, 5.41) is 3.41. The van der Waals surface area contributed by atoms with E-state index in [9.17, 15) is 0 Å². The van der Waals surface area contributed by atoms with Crippen LogP contribution in [-0.2, 0) is 6.54 Å². The molecule has 0 saturated carbocycles. The second kappa shape index (κ2) is 6.01. The van der Waals surface area contributed by atoms with E-state index in [2.05, 4.69) is 42.3 Å². The number of nitrogens with zero attached hydrogens (tertiary/aromatic N) is 2. The van der Waals surface area contributed by atoms with Crippen LogP contribution in [0.1, 0.15) is 38.8 Å². The zero-order chi connectivity index (χ0) is 12.1. The molecule has 0 atom stereocenters. The van der Waals surface area contributed by atoms with Gasteiger partial charge in [0, 0.05) is 25.7 Å². The Morgan fingerprint density at radius 1 is 1.24 bits per heavy atom. The molecule has 0 aliphatic carbocycles. The molecule has 2 heterocycles. The molecule has 1 aromatic heterocycles. The van der Waals surface area contributed by atoms with E-state index in [0.717, 1.165) is 31.1 Å². The largest absolute Gasteiger partial charge is 0.357 e. The summed E-state index contributed by atoms with van der Waals surface area (Å²) in [4.78, 5) is 7.14. The molecule has 0 spiro atoms. The summed E-state index contributed by atoms with van der Waals surface area (Å²) < 4.78 is 0. The molecule has 0 radical (unpaired) electrons. The average molecular weight is 233 g/mol. The van der Waals surface area contributed by atoms with Gasteiger partial charge in [0.25, 0.3) is 0 Å². The molecule has 3 heteroatoms. The summed E-state index contributed by atoms with van der Waals surface area (Å²) in [6, 6.07) is 6.86. The zero-order valence-electron chi connectivity index (χ0n) is 10.9. The van der Waals surface area contributed by atoms with Crippen LogP contribution < -0.4 is 10.2 Å². The number of aromatic nitrogens is 1. The van der Waals surface area contributed by atoms with Crippen molar-refractivity contribution < 1.29 is 0 Å². The summed E-state index contributed by atoms with van der Waals surface area (Å²) in [6.07, 6.45) is 3.97. The smallest absolute Gasteiger partial charge is 0.128 e. The highest BCUT2D eigenvalue weighted by atomic mass is 15.2. The lowest BCUT2D eigenvalue weighted by atomic mass is 10.1. The van der Waals surface area contributed by atoms with Crippen molar-refractivity contribution in [2.45, 2.75) is 45.7 Å². The predicted octanol–water partition coefficient (Wildman–Crippen LogP) is 2.57. The van der Waals surface area contributed by atoms with Gasteiger partial charge in [-0.2, -0.15) is 0 Å². The fraction of sp³-hybridized carbons (Fsp3) is 0.643. The van der Waals surface area contributed by atoms with Crippen LogP contribution in [0.15, 0.2) is 18.2 Å². The Morgan fingerprint density at radius 3 is 2.71 bits per heavy atom. The number of pyridine rings is 1. The van der Waals surface area contributed by atoms with Crippen LogP contribution in [0.25, 0.3) is 0 Å². The second-order valence-electron chi connectivity index (χ2n) is 5.07. The molecular weight excluding hydrogens is 210 g/mol. The van der Waals surface area contributed by atoms with E-state index in [0.29, 0.717) is 6.04 Å². The first-order chi connectivity index (χ1) is 8.25. The number of hydrogen-bond acceptors (Lipinski definition) is 3. The quantitative estimate of drug-likeness (QED) is 0.866. The molecule has 0 bridgehead atoms. The van der Waals surface area contributed by atoms with Gasteiger partial charge in [0.15, 0.2) is 0 Å². The molecule has 1 fully saturated rings. The fourth-order valence-corrected chi connectivity index (χ4v) is 2.17. The monoisotopic (exact) mass is 233 g/mol. The molecule has 3 nitrogen and oxygen atoms in total. The van der Waals surface area contributed by atoms with Crippen molar-refractivity contribution in [1.29, 1.82) is 0 Å². The fourth-order valence-electron chi connectivity index (χ4n) is 2.17. The molecule has 1 N–H and O–H groups in total. The van der Waals surface area contributed by atoms with Gasteiger partial charge in [-0.05, 0) is 31.4 Å². The van der Waals surface area contributed by atoms with Crippen molar-refractivity contribution in [3.63, 3.8) is 0 Å². The zero-order valence-corrected chi connectivity index (χ0v) is 10.9. The minimum atomic E-state index is 0.510. The van der Waals surface area contributed by atoms with E-state index in [4.69, 9.17) is 4.98 Å². The van der Waals surface area contributed by atoms with E-state index in [1.807, 2.05) is 0 Å². The maximum atomic E-state index is 4.73. The highest BCUT2D eigenvalue weighted by molar-refractivity contribution is 5.39. The second-order valence-corrected chi connectivity index (χ2v) is 5.07. The van der Waals surface area contributed by atoms with Crippen LogP contribution in [0.3, 0.4) is 0 Å². The maximum absolute atomic E-state index is 4.73. The summed E-state index contributed by atoms with van der Waals surface area (Å²) in [7, 11) is 0. The molecule has 1 saturated heterocycles. The van der Waals surface area contributed by atoms with Gasteiger partial charge in [-0.3, -0.25) is 0 Å². The van der Waals surface area contributed by atoms with Gasteiger partial charge in [-0.1, -0.05) is 19.9 Å². The first-order valence-corrected chi connectivity index (χ1v) is 6.70. The average Bonchev–Trinajstić information content (AvgIpc) is 2.38. The summed E-state index contributed by atoms with van der Waals surface area (Å²) in [5.41, 5.74) is 1.14. The molecule has 17 heavy (non-hydrogen) atoms. The lowest BCUT2D eigenvalue weighted by Gasteiger charge is -2.28. The predicted molar refractivity (Wildman–Crippen MR) is 72.3 cm³/mol. The topological polar surface area (TPSA) is 28.2 Å². The van der Waals surface area contributed by atoms with E-state index < -0.39 is 0 Å². The van der Waals surface area contributed by atoms with Crippen molar-refractivity contribution in [3.05, 3.63) is 23.9 Å². The van der Waals surface area contributed by atoms with Crippen LogP contribution in [0.2, 0.25) is 0 Å². The third kappa shape index (κ3) is 3.70. The number of anilines is 1. The Hall–Kier alpha value is -1.09. The minimum Gasteiger partial charge on any atom is -0.357 e. The van der Waals surface area contributed by atoms with Crippen LogP contribution in [0.4, 0.5) is 5.82 Å². The number of nitrogens with one attached hydrogen (secondary N) is 1. The molecular formula is C14H23N3. The van der Waals surface area contributed by atoms with Gasteiger partial charge in [0.1, 0.15) is 5.82 Å². The summed E-state index contributed by atoms with van der Waals surface area (Å²) in [5.74, 6) is 1.15. The van der Waals surface area contributed by atoms with Crippen LogP contribution in [-0.4, -0.2) is 24.1 Å². The van der Waals surface area contributed by atoms with E-state index in [1.165, 1.54) is 19.3 Å². The normalized spacial score (nSPS) is 16.5. The summed E-state index contributed by atoms with van der Waals surface area (Å²) in [6.45, 7) is 7.50. The summed E-state index contributed by atoms with van der Waals surface area (Å²) >= 11 is 0. The van der Waals surface area contributed by atoms with Crippen molar-refractivity contribution in [2.75, 3.05) is 18.0 Å². The Bertz CT molecular complexity index is 343.